The molecule has 1 amide bonds. The highest BCUT2D eigenvalue weighted by molar-refractivity contribution is 7.90. The quantitative estimate of drug-likeness (QED) is 0.879. The summed E-state index contributed by atoms with van der Waals surface area (Å²) < 4.78 is 23.7. The van der Waals surface area contributed by atoms with Gasteiger partial charge in [-0.05, 0) is 24.1 Å². The molecule has 0 bridgehead atoms. The second-order valence-corrected chi connectivity index (χ2v) is 7.36. The fraction of sp³-hybridized carbons (Fsp3) is 0.333. The summed E-state index contributed by atoms with van der Waals surface area (Å²) in [6.07, 6.45) is 3.74. The van der Waals surface area contributed by atoms with Crippen LogP contribution in [0.3, 0.4) is 0 Å². The molecule has 2 aromatic rings. The number of hydrogen-bond acceptors (Lipinski definition) is 4. The predicted octanol–water partition coefficient (Wildman–Crippen LogP) is 1.74. The lowest BCUT2D eigenvalue weighted by molar-refractivity contribution is 0.102. The number of benzene rings is 1. The van der Waals surface area contributed by atoms with Gasteiger partial charge < -0.3 is 5.32 Å². The molecule has 118 valence electrons. The van der Waals surface area contributed by atoms with E-state index in [0.29, 0.717) is 11.4 Å². The Labute approximate surface area is 130 Å². The van der Waals surface area contributed by atoms with E-state index in [1.165, 1.54) is 16.5 Å². The fourth-order valence-electron chi connectivity index (χ4n) is 1.89. The van der Waals surface area contributed by atoms with Crippen LogP contribution in [0.5, 0.6) is 0 Å². The molecule has 22 heavy (non-hydrogen) atoms. The van der Waals surface area contributed by atoms with Crippen LogP contribution in [0.25, 0.3) is 0 Å². The van der Waals surface area contributed by atoms with E-state index >= 15 is 0 Å². The molecule has 0 aliphatic rings. The highest BCUT2D eigenvalue weighted by Crippen LogP contribution is 2.09. The molecule has 1 aromatic carbocycles. The molecule has 6 nitrogen and oxygen atoms in total. The summed E-state index contributed by atoms with van der Waals surface area (Å²) in [6.45, 7) is 2.32. The maximum atomic E-state index is 12.1. The highest BCUT2D eigenvalue weighted by Gasteiger charge is 2.09. The van der Waals surface area contributed by atoms with Gasteiger partial charge in [-0.3, -0.25) is 9.48 Å². The first-order valence-electron chi connectivity index (χ1n) is 6.99. The van der Waals surface area contributed by atoms with Crippen LogP contribution in [0.4, 0.5) is 5.82 Å². The van der Waals surface area contributed by atoms with Gasteiger partial charge in [0.2, 0.25) is 0 Å². The van der Waals surface area contributed by atoms with Crippen molar-refractivity contribution in [1.82, 2.24) is 9.78 Å². The van der Waals surface area contributed by atoms with Gasteiger partial charge in [0.1, 0.15) is 9.84 Å². The van der Waals surface area contributed by atoms with E-state index in [-0.39, 0.29) is 18.2 Å². The minimum atomic E-state index is -3.03. The van der Waals surface area contributed by atoms with Gasteiger partial charge in [0.05, 0.1) is 12.3 Å². The molecule has 1 aromatic heterocycles. The summed E-state index contributed by atoms with van der Waals surface area (Å²) in [4.78, 5) is 12.1. The fourth-order valence-corrected chi connectivity index (χ4v) is 2.41. The first kappa shape index (κ1) is 16.2. The Morgan fingerprint density at radius 2 is 1.91 bits per heavy atom. The monoisotopic (exact) mass is 321 g/mol. The number of carbonyl (C=O) groups is 1. The summed E-state index contributed by atoms with van der Waals surface area (Å²) in [5.74, 6) is 0.176. The zero-order valence-electron chi connectivity index (χ0n) is 12.6. The predicted molar refractivity (Wildman–Crippen MR) is 85.7 cm³/mol. The van der Waals surface area contributed by atoms with Crippen molar-refractivity contribution in [2.45, 2.75) is 19.9 Å². The van der Waals surface area contributed by atoms with Crippen LogP contribution >= 0.6 is 0 Å². The van der Waals surface area contributed by atoms with Crippen molar-refractivity contribution in [3.8, 4) is 0 Å². The van der Waals surface area contributed by atoms with Crippen LogP contribution in [0.1, 0.15) is 22.8 Å². The minimum Gasteiger partial charge on any atom is -0.305 e. The number of sulfone groups is 1. The van der Waals surface area contributed by atoms with E-state index in [9.17, 15) is 13.2 Å². The Morgan fingerprint density at radius 3 is 2.50 bits per heavy atom. The number of anilines is 1. The Morgan fingerprint density at radius 1 is 1.23 bits per heavy atom. The van der Waals surface area contributed by atoms with E-state index in [2.05, 4.69) is 17.3 Å². The van der Waals surface area contributed by atoms with Gasteiger partial charge in [0.25, 0.3) is 5.91 Å². The number of nitrogens with zero attached hydrogens (tertiary/aromatic N) is 2. The molecule has 0 aliphatic carbocycles. The molecule has 2 rings (SSSR count). The number of carbonyl (C=O) groups excluding carboxylic acids is 1. The van der Waals surface area contributed by atoms with Crippen molar-refractivity contribution < 1.29 is 13.2 Å². The zero-order valence-corrected chi connectivity index (χ0v) is 13.4. The molecule has 0 saturated heterocycles. The van der Waals surface area contributed by atoms with E-state index in [0.717, 1.165) is 6.42 Å². The maximum absolute atomic E-state index is 12.1. The largest absolute Gasteiger partial charge is 0.305 e. The molecule has 1 heterocycles. The molecule has 0 radical (unpaired) electrons. The van der Waals surface area contributed by atoms with Gasteiger partial charge in [-0.25, -0.2) is 8.42 Å². The van der Waals surface area contributed by atoms with Crippen LogP contribution in [0.15, 0.2) is 36.5 Å². The number of nitrogens with one attached hydrogen (secondary N) is 1. The molecule has 0 atom stereocenters. The normalized spacial score (nSPS) is 11.4. The smallest absolute Gasteiger partial charge is 0.256 e. The number of aryl methyl sites for hydroxylation is 2. The summed E-state index contributed by atoms with van der Waals surface area (Å²) in [6, 6.07) is 9.02. The van der Waals surface area contributed by atoms with Gasteiger partial charge >= 0.3 is 0 Å². The Balaban J connectivity index is 1.98. The lowest BCUT2D eigenvalue weighted by Crippen LogP contribution is -2.14. The van der Waals surface area contributed by atoms with E-state index < -0.39 is 9.84 Å². The average molecular weight is 321 g/mol. The number of hydrogen-bond donors (Lipinski definition) is 1. The van der Waals surface area contributed by atoms with E-state index in [1.54, 1.807) is 24.4 Å². The van der Waals surface area contributed by atoms with Crippen molar-refractivity contribution in [3.63, 3.8) is 0 Å². The molecule has 0 spiro atoms. The SMILES string of the molecule is CCc1ccc(C(=O)Nc2ccn(CCS(C)(=O)=O)n2)cc1. The molecule has 0 unspecified atom stereocenters. The highest BCUT2D eigenvalue weighted by atomic mass is 32.2. The van der Waals surface area contributed by atoms with Crippen LogP contribution in [-0.4, -0.2) is 36.1 Å². The van der Waals surface area contributed by atoms with E-state index in [1.807, 2.05) is 12.1 Å². The van der Waals surface area contributed by atoms with Gasteiger partial charge in [0, 0.05) is 24.1 Å². The average Bonchev–Trinajstić information content (AvgIpc) is 2.92. The first-order chi connectivity index (χ1) is 10.4. The standard InChI is InChI=1S/C15H19N3O3S/c1-3-12-4-6-13(7-5-12)15(19)16-14-8-9-18(17-14)10-11-22(2,20)21/h4-9H,3,10-11H2,1-2H3,(H,16,17,19). The third-order valence-corrected chi connectivity index (χ3v) is 4.12. The summed E-state index contributed by atoms with van der Waals surface area (Å²) in [5, 5.41) is 6.83. The van der Waals surface area contributed by atoms with Crippen LogP contribution in [0, 0.1) is 0 Å². The van der Waals surface area contributed by atoms with E-state index in [4.69, 9.17) is 0 Å². The Kier molecular flexibility index (Phi) is 4.97. The Hall–Kier alpha value is -2.15. The Bertz CT molecular complexity index is 749. The summed E-state index contributed by atoms with van der Waals surface area (Å²) >= 11 is 0. The second-order valence-electron chi connectivity index (χ2n) is 5.10. The molecule has 1 N–H and O–H groups in total. The zero-order chi connectivity index (χ0) is 16.2. The maximum Gasteiger partial charge on any atom is 0.256 e. The number of aromatic nitrogens is 2. The van der Waals surface area contributed by atoms with Gasteiger partial charge in [-0.2, -0.15) is 5.10 Å². The molecular formula is C15H19N3O3S. The molecule has 0 fully saturated rings. The lowest BCUT2D eigenvalue weighted by atomic mass is 10.1. The summed E-state index contributed by atoms with van der Waals surface area (Å²) in [7, 11) is -3.03. The molecule has 7 heteroatoms. The van der Waals surface area contributed by atoms with Crippen LogP contribution in [-0.2, 0) is 22.8 Å². The third-order valence-electron chi connectivity index (χ3n) is 3.20. The van der Waals surface area contributed by atoms with Gasteiger partial charge in [-0.1, -0.05) is 19.1 Å². The second kappa shape index (κ2) is 6.74. The number of rotatable bonds is 6. The van der Waals surface area contributed by atoms with Crippen molar-refractivity contribution >= 4 is 21.6 Å². The van der Waals surface area contributed by atoms with Crippen molar-refractivity contribution in [2.24, 2.45) is 0 Å². The number of amides is 1. The van der Waals surface area contributed by atoms with Crippen molar-refractivity contribution in [3.05, 3.63) is 47.7 Å². The van der Waals surface area contributed by atoms with Crippen molar-refractivity contribution in [1.29, 1.82) is 0 Å². The van der Waals surface area contributed by atoms with Crippen LogP contribution in [0.2, 0.25) is 0 Å². The molecular weight excluding hydrogens is 302 g/mol. The van der Waals surface area contributed by atoms with Crippen molar-refractivity contribution in [2.75, 3.05) is 17.3 Å². The lowest BCUT2D eigenvalue weighted by Gasteiger charge is -2.03. The topological polar surface area (TPSA) is 81.1 Å². The molecule has 0 saturated carbocycles. The molecule has 0 aliphatic heterocycles. The first-order valence-corrected chi connectivity index (χ1v) is 9.05. The summed E-state index contributed by atoms with van der Waals surface area (Å²) in [5.41, 5.74) is 1.73. The minimum absolute atomic E-state index is 0.0144. The van der Waals surface area contributed by atoms with Gasteiger partial charge in [0.15, 0.2) is 5.82 Å². The van der Waals surface area contributed by atoms with Gasteiger partial charge in [-0.15, -0.1) is 0 Å². The van der Waals surface area contributed by atoms with Crippen LogP contribution < -0.4 is 5.32 Å². The third kappa shape index (κ3) is 4.70.